The van der Waals surface area contributed by atoms with Crippen LogP contribution in [0.25, 0.3) is 0 Å². The quantitative estimate of drug-likeness (QED) is 0.500. The fraction of sp³-hybridized carbons (Fsp3) is 0.136. The van der Waals surface area contributed by atoms with E-state index in [9.17, 15) is 0 Å². The zero-order valence-electron chi connectivity index (χ0n) is 16.1. The van der Waals surface area contributed by atoms with Gasteiger partial charge in [-0.05, 0) is 38.1 Å². The lowest BCUT2D eigenvalue weighted by Gasteiger charge is -2.26. The van der Waals surface area contributed by atoms with E-state index in [4.69, 9.17) is 13.8 Å². The second-order valence-corrected chi connectivity index (χ2v) is 8.80. The molecule has 0 saturated carbocycles. The summed E-state index contributed by atoms with van der Waals surface area (Å²) in [6.45, 7) is 4.08. The third-order valence-corrected chi connectivity index (χ3v) is 6.51. The zero-order chi connectivity index (χ0) is 19.6. The normalized spacial score (nSPS) is 15.0. The molecule has 0 amide bonds. The Morgan fingerprint density at radius 2 is 1.21 bits per heavy atom. The van der Waals surface area contributed by atoms with Crippen molar-refractivity contribution >= 4 is 13.5 Å². The van der Waals surface area contributed by atoms with Crippen LogP contribution in [0.3, 0.4) is 0 Å². The van der Waals surface area contributed by atoms with E-state index in [0.29, 0.717) is 17.3 Å². The highest BCUT2D eigenvalue weighted by atomic mass is 31.2. The molecule has 0 aliphatic carbocycles. The van der Waals surface area contributed by atoms with Crippen LogP contribution in [0.1, 0.15) is 16.7 Å². The van der Waals surface area contributed by atoms with Crippen LogP contribution in [-0.2, 0) is 0 Å². The lowest BCUT2D eigenvalue weighted by Crippen LogP contribution is -2.14. The summed E-state index contributed by atoms with van der Waals surface area (Å²) in [4.78, 5) is 0. The van der Waals surface area contributed by atoms with Crippen molar-refractivity contribution in [3.8, 4) is 11.5 Å². The molecule has 1 heterocycles. The van der Waals surface area contributed by atoms with E-state index in [1.807, 2.05) is 99.8 Å². The van der Waals surface area contributed by atoms with E-state index < -0.39 is 7.66 Å². The Kier molecular flexibility index (Phi) is 4.93. The molecule has 0 atom stereocenters. The highest BCUT2D eigenvalue weighted by Gasteiger charge is 2.37. The third-order valence-electron chi connectivity index (χ3n) is 4.35. The van der Waals surface area contributed by atoms with Crippen LogP contribution in [0.15, 0.2) is 88.7 Å². The summed E-state index contributed by atoms with van der Waals surface area (Å²) in [5, 5.41) is 4.62. The standard InChI is InChI=1S/C22H22N3O2P/c1-17-9-13-20(14-10-17)26-28(27-21-15-11-18(2)12-16-21)24-22(23-25(28)3)19-7-5-4-6-8-19/h4-16H,1-3H3. The maximum absolute atomic E-state index is 6.35. The molecular formula is C22H22N3O2P. The molecular weight excluding hydrogens is 369 g/mol. The molecule has 1 aliphatic heterocycles. The smallest absolute Gasteiger partial charge is 0.414 e. The van der Waals surface area contributed by atoms with Gasteiger partial charge in [0, 0.05) is 12.6 Å². The molecule has 0 fully saturated rings. The van der Waals surface area contributed by atoms with Crippen LogP contribution in [0.5, 0.6) is 11.5 Å². The van der Waals surface area contributed by atoms with Gasteiger partial charge >= 0.3 is 7.66 Å². The molecule has 0 radical (unpaired) electrons. The summed E-state index contributed by atoms with van der Waals surface area (Å²) in [5.74, 6) is 2.01. The second kappa shape index (κ2) is 7.53. The Morgan fingerprint density at radius 1 is 0.714 bits per heavy atom. The molecule has 3 aromatic carbocycles. The topological polar surface area (TPSA) is 46.4 Å². The maximum atomic E-state index is 6.35. The van der Waals surface area contributed by atoms with Gasteiger partial charge in [0.2, 0.25) is 0 Å². The van der Waals surface area contributed by atoms with Crippen molar-refractivity contribution in [3.05, 3.63) is 95.6 Å². The van der Waals surface area contributed by atoms with Crippen LogP contribution >= 0.6 is 7.66 Å². The fourth-order valence-corrected chi connectivity index (χ4v) is 4.62. The van der Waals surface area contributed by atoms with E-state index in [-0.39, 0.29) is 0 Å². The number of nitrogens with zero attached hydrogens (tertiary/aromatic N) is 3. The van der Waals surface area contributed by atoms with E-state index in [1.54, 1.807) is 4.78 Å². The second-order valence-electron chi connectivity index (χ2n) is 6.68. The van der Waals surface area contributed by atoms with Gasteiger partial charge in [0.25, 0.3) is 0 Å². The van der Waals surface area contributed by atoms with Gasteiger partial charge in [-0.15, -0.1) is 5.10 Å². The number of amidine groups is 1. The molecule has 5 nitrogen and oxygen atoms in total. The molecule has 0 N–H and O–H groups in total. The van der Waals surface area contributed by atoms with Crippen LogP contribution in [0.4, 0.5) is 0 Å². The summed E-state index contributed by atoms with van der Waals surface area (Å²) in [7, 11) is -1.04. The van der Waals surface area contributed by atoms with Gasteiger partial charge in [0.05, 0.1) is 0 Å². The van der Waals surface area contributed by atoms with Gasteiger partial charge in [-0.2, -0.15) is 9.52 Å². The highest BCUT2D eigenvalue weighted by molar-refractivity contribution is 7.55. The van der Waals surface area contributed by atoms with Crippen molar-refractivity contribution in [2.24, 2.45) is 9.85 Å². The number of hydrogen-bond acceptors (Lipinski definition) is 5. The summed E-state index contributed by atoms with van der Waals surface area (Å²) in [6, 6.07) is 25.6. The van der Waals surface area contributed by atoms with Crippen LogP contribution in [-0.4, -0.2) is 17.7 Å². The monoisotopic (exact) mass is 391 g/mol. The van der Waals surface area contributed by atoms with E-state index in [1.165, 1.54) is 0 Å². The minimum absolute atomic E-state index is 0.607. The van der Waals surface area contributed by atoms with Crippen LogP contribution in [0.2, 0.25) is 0 Å². The fourth-order valence-electron chi connectivity index (χ4n) is 2.75. The van der Waals surface area contributed by atoms with Crippen LogP contribution in [0, 0.1) is 13.8 Å². The molecule has 1 aliphatic rings. The van der Waals surface area contributed by atoms with Crippen molar-refractivity contribution < 1.29 is 9.05 Å². The summed E-state index contributed by atoms with van der Waals surface area (Å²) in [6.07, 6.45) is 0. The van der Waals surface area contributed by atoms with Crippen molar-refractivity contribution in [1.82, 2.24) is 4.78 Å². The van der Waals surface area contributed by atoms with Gasteiger partial charge in [0.1, 0.15) is 11.5 Å². The number of aryl methyl sites for hydroxylation is 2. The van der Waals surface area contributed by atoms with Gasteiger partial charge in [0.15, 0.2) is 5.84 Å². The van der Waals surface area contributed by atoms with Crippen molar-refractivity contribution in [1.29, 1.82) is 0 Å². The van der Waals surface area contributed by atoms with Gasteiger partial charge in [-0.25, -0.2) is 0 Å². The Hall–Kier alpha value is -3.04. The molecule has 0 aromatic heterocycles. The molecule has 6 heteroatoms. The first kappa shape index (κ1) is 18.3. The lowest BCUT2D eigenvalue weighted by molar-refractivity contribution is 0.391. The molecule has 0 bridgehead atoms. The molecule has 0 unspecified atom stereocenters. The Labute approximate surface area is 165 Å². The van der Waals surface area contributed by atoms with E-state index in [2.05, 4.69) is 5.10 Å². The van der Waals surface area contributed by atoms with Gasteiger partial charge in [-0.3, -0.25) is 0 Å². The first-order valence-electron chi connectivity index (χ1n) is 9.07. The van der Waals surface area contributed by atoms with E-state index in [0.717, 1.165) is 16.7 Å². The number of benzene rings is 3. The average Bonchev–Trinajstić information content (AvgIpc) is 3.02. The summed E-state index contributed by atoms with van der Waals surface area (Å²) >= 11 is 0. The van der Waals surface area contributed by atoms with Gasteiger partial charge < -0.3 is 9.05 Å². The first-order valence-corrected chi connectivity index (χ1v) is 10.6. The Morgan fingerprint density at radius 3 is 1.71 bits per heavy atom. The van der Waals surface area contributed by atoms with Gasteiger partial charge in [-0.1, -0.05) is 65.7 Å². The SMILES string of the molecule is Cc1ccc(OP2(Oc3ccc(C)cc3)=NC(c3ccccc3)=NN2C)cc1. The predicted molar refractivity (Wildman–Crippen MR) is 114 cm³/mol. The Balaban J connectivity index is 1.75. The lowest BCUT2D eigenvalue weighted by atomic mass is 10.2. The Bertz CT molecular complexity index is 994. The highest BCUT2D eigenvalue weighted by Crippen LogP contribution is 2.57. The molecule has 4 rings (SSSR count). The molecule has 142 valence electrons. The first-order chi connectivity index (χ1) is 13.5. The molecule has 3 aromatic rings. The molecule has 0 spiro atoms. The third kappa shape index (κ3) is 3.80. The van der Waals surface area contributed by atoms with Crippen molar-refractivity contribution in [2.75, 3.05) is 7.05 Å². The number of hydrazone groups is 1. The van der Waals surface area contributed by atoms with Crippen LogP contribution < -0.4 is 9.05 Å². The molecule has 28 heavy (non-hydrogen) atoms. The summed E-state index contributed by atoms with van der Waals surface area (Å²) in [5.41, 5.74) is 3.26. The number of rotatable bonds is 5. The zero-order valence-corrected chi connectivity index (χ0v) is 17.0. The predicted octanol–water partition coefficient (Wildman–Crippen LogP) is 6.01. The van der Waals surface area contributed by atoms with E-state index >= 15 is 0 Å². The average molecular weight is 391 g/mol. The van der Waals surface area contributed by atoms with Crippen molar-refractivity contribution in [2.45, 2.75) is 13.8 Å². The number of hydrogen-bond donors (Lipinski definition) is 0. The largest absolute Gasteiger partial charge is 0.447 e. The minimum Gasteiger partial charge on any atom is -0.414 e. The molecule has 0 saturated heterocycles. The maximum Gasteiger partial charge on any atom is 0.447 e. The van der Waals surface area contributed by atoms with Crippen molar-refractivity contribution in [3.63, 3.8) is 0 Å². The minimum atomic E-state index is -2.88. The summed E-state index contributed by atoms with van der Waals surface area (Å²) < 4.78 is 19.3.